The molecule has 2 aromatic rings. The minimum absolute atomic E-state index is 0.151. The summed E-state index contributed by atoms with van der Waals surface area (Å²) >= 11 is 0. The number of rotatable bonds is 3. The van der Waals surface area contributed by atoms with Crippen molar-refractivity contribution in [3.63, 3.8) is 0 Å². The van der Waals surface area contributed by atoms with Gasteiger partial charge < -0.3 is 15.4 Å². The molecule has 120 valence electrons. The normalized spacial score (nSPS) is 20.8. The van der Waals surface area contributed by atoms with Crippen LogP contribution in [0.3, 0.4) is 0 Å². The Balaban J connectivity index is 1.46. The number of morpholine rings is 1. The Labute approximate surface area is 136 Å². The van der Waals surface area contributed by atoms with E-state index in [4.69, 9.17) is 4.74 Å². The summed E-state index contributed by atoms with van der Waals surface area (Å²) in [7, 11) is 0. The van der Waals surface area contributed by atoms with Crippen LogP contribution < -0.4 is 10.6 Å². The summed E-state index contributed by atoms with van der Waals surface area (Å²) < 4.78 is 5.78. The first-order chi connectivity index (χ1) is 11.4. The van der Waals surface area contributed by atoms with Crippen LogP contribution in [0.2, 0.25) is 0 Å². The Hall–Kier alpha value is -1.98. The van der Waals surface area contributed by atoms with Crippen molar-refractivity contribution < 1.29 is 4.74 Å². The first kappa shape index (κ1) is 14.6. The van der Waals surface area contributed by atoms with Crippen molar-refractivity contribution in [1.29, 1.82) is 0 Å². The van der Waals surface area contributed by atoms with Crippen molar-refractivity contribution >= 4 is 11.6 Å². The minimum atomic E-state index is 0.151. The van der Waals surface area contributed by atoms with E-state index >= 15 is 0 Å². The second-order valence-electron chi connectivity index (χ2n) is 6.18. The monoisotopic (exact) mass is 310 g/mol. The van der Waals surface area contributed by atoms with Crippen LogP contribution in [-0.4, -0.2) is 29.7 Å². The smallest absolute Gasteiger partial charge is 0.227 e. The van der Waals surface area contributed by atoms with Crippen LogP contribution in [-0.2, 0) is 17.6 Å². The summed E-state index contributed by atoms with van der Waals surface area (Å²) in [5, 5.41) is 6.66. The van der Waals surface area contributed by atoms with Crippen molar-refractivity contribution in [2.45, 2.75) is 31.8 Å². The molecular formula is C18H22N4O. The highest BCUT2D eigenvalue weighted by Crippen LogP contribution is 2.23. The zero-order valence-electron chi connectivity index (χ0n) is 13.2. The first-order valence-corrected chi connectivity index (χ1v) is 8.42. The zero-order valence-corrected chi connectivity index (χ0v) is 13.2. The fourth-order valence-electron chi connectivity index (χ4n) is 3.23. The second-order valence-corrected chi connectivity index (χ2v) is 6.18. The van der Waals surface area contributed by atoms with E-state index in [2.05, 4.69) is 44.9 Å². The molecule has 1 atom stereocenters. The molecule has 2 heterocycles. The van der Waals surface area contributed by atoms with Crippen LogP contribution in [0.4, 0.5) is 11.6 Å². The molecule has 1 aliphatic heterocycles. The highest BCUT2D eigenvalue weighted by Gasteiger charge is 2.15. The number of ether oxygens (including phenoxy) is 1. The van der Waals surface area contributed by atoms with Gasteiger partial charge in [-0.1, -0.05) is 12.1 Å². The number of nitrogens with zero attached hydrogens (tertiary/aromatic N) is 2. The van der Waals surface area contributed by atoms with Crippen molar-refractivity contribution in [2.75, 3.05) is 25.0 Å². The lowest BCUT2D eigenvalue weighted by Crippen LogP contribution is -2.33. The summed E-state index contributed by atoms with van der Waals surface area (Å²) in [5.41, 5.74) is 4.72. The van der Waals surface area contributed by atoms with Gasteiger partial charge in [-0.15, -0.1) is 0 Å². The molecule has 2 N–H and O–H groups in total. The van der Waals surface area contributed by atoms with Gasteiger partial charge in [-0.2, -0.15) is 0 Å². The minimum Gasteiger partial charge on any atom is -0.371 e. The van der Waals surface area contributed by atoms with E-state index in [1.165, 1.54) is 29.7 Å². The molecule has 1 aromatic carbocycles. The molecule has 0 saturated carbocycles. The molecule has 0 radical (unpaired) electrons. The van der Waals surface area contributed by atoms with Gasteiger partial charge in [-0.3, -0.25) is 0 Å². The van der Waals surface area contributed by atoms with Gasteiger partial charge >= 0.3 is 0 Å². The van der Waals surface area contributed by atoms with Crippen LogP contribution >= 0.6 is 0 Å². The van der Waals surface area contributed by atoms with Crippen LogP contribution in [0.15, 0.2) is 30.5 Å². The van der Waals surface area contributed by atoms with Gasteiger partial charge in [0.1, 0.15) is 0 Å². The van der Waals surface area contributed by atoms with E-state index in [9.17, 15) is 0 Å². The number of hydrogen-bond acceptors (Lipinski definition) is 5. The summed E-state index contributed by atoms with van der Waals surface area (Å²) in [6.07, 6.45) is 6.78. The third kappa shape index (κ3) is 3.35. The van der Waals surface area contributed by atoms with Crippen LogP contribution in [0.25, 0.3) is 0 Å². The summed E-state index contributed by atoms with van der Waals surface area (Å²) in [6.45, 7) is 2.58. The van der Waals surface area contributed by atoms with Gasteiger partial charge in [0.2, 0.25) is 5.95 Å². The van der Waals surface area contributed by atoms with E-state index in [0.717, 1.165) is 38.2 Å². The molecule has 1 aromatic heterocycles. The van der Waals surface area contributed by atoms with Gasteiger partial charge in [-0.05, 0) is 48.9 Å². The van der Waals surface area contributed by atoms with Gasteiger partial charge in [0.05, 0.1) is 12.7 Å². The van der Waals surface area contributed by atoms with Crippen LogP contribution in [0, 0.1) is 0 Å². The molecular weight excluding hydrogens is 288 g/mol. The van der Waals surface area contributed by atoms with Crippen LogP contribution in [0.5, 0.6) is 0 Å². The number of aryl methyl sites for hydroxylation is 2. The van der Waals surface area contributed by atoms with Crippen LogP contribution in [0.1, 0.15) is 35.8 Å². The number of fused-ring (bicyclic) bond motifs is 1. The van der Waals surface area contributed by atoms with Crippen molar-refractivity contribution in [1.82, 2.24) is 15.3 Å². The van der Waals surface area contributed by atoms with Crippen molar-refractivity contribution in [2.24, 2.45) is 0 Å². The van der Waals surface area contributed by atoms with Gasteiger partial charge in [0.25, 0.3) is 0 Å². The summed E-state index contributed by atoms with van der Waals surface area (Å²) in [6, 6.07) is 8.35. The molecule has 5 nitrogen and oxygen atoms in total. The number of anilines is 2. The standard InChI is InChI=1S/C18H22N4O/c1-2-4-16-14(3-1)11-20-18(22-16)21-15-7-5-13(6-8-15)17-12-19-9-10-23-17/h5-8,11,17,19H,1-4,9-10,12H2,(H,20,21,22)/t17-/m1/s1. The highest BCUT2D eigenvalue weighted by atomic mass is 16.5. The molecule has 0 bridgehead atoms. The number of hydrogen-bond donors (Lipinski definition) is 2. The molecule has 0 amide bonds. The Bertz CT molecular complexity index is 665. The molecule has 2 aliphatic rings. The summed E-state index contributed by atoms with van der Waals surface area (Å²) in [4.78, 5) is 9.11. The fourth-order valence-corrected chi connectivity index (χ4v) is 3.23. The maximum absolute atomic E-state index is 5.78. The molecule has 1 aliphatic carbocycles. The van der Waals surface area contributed by atoms with E-state index in [1.807, 2.05) is 6.20 Å². The molecule has 0 spiro atoms. The Morgan fingerprint density at radius 1 is 1.13 bits per heavy atom. The SMILES string of the molecule is c1cc([C@H]2CNCCO2)ccc1Nc1ncc2c(n1)CCCC2. The average Bonchev–Trinajstić information content (AvgIpc) is 2.63. The molecule has 23 heavy (non-hydrogen) atoms. The fraction of sp³-hybridized carbons (Fsp3) is 0.444. The lowest BCUT2D eigenvalue weighted by atomic mass is 9.98. The Kier molecular flexibility index (Phi) is 4.22. The second kappa shape index (κ2) is 6.64. The third-order valence-electron chi connectivity index (χ3n) is 4.53. The van der Waals surface area contributed by atoms with Gasteiger partial charge in [0.15, 0.2) is 0 Å². The predicted molar refractivity (Wildman–Crippen MR) is 90.0 cm³/mol. The highest BCUT2D eigenvalue weighted by molar-refractivity contribution is 5.54. The molecule has 1 fully saturated rings. The van der Waals surface area contributed by atoms with Gasteiger partial charge in [-0.25, -0.2) is 9.97 Å². The maximum atomic E-state index is 5.78. The quantitative estimate of drug-likeness (QED) is 0.913. The average molecular weight is 310 g/mol. The first-order valence-electron chi connectivity index (χ1n) is 8.42. The molecule has 4 rings (SSSR count). The van der Waals surface area contributed by atoms with Gasteiger partial charge in [0, 0.05) is 30.7 Å². The molecule has 1 saturated heterocycles. The van der Waals surface area contributed by atoms with Crippen molar-refractivity contribution in [3.05, 3.63) is 47.3 Å². The molecule has 0 unspecified atom stereocenters. The predicted octanol–water partition coefficient (Wildman–Crippen LogP) is 2.76. The number of benzene rings is 1. The van der Waals surface area contributed by atoms with E-state index in [-0.39, 0.29) is 6.10 Å². The number of aromatic nitrogens is 2. The lowest BCUT2D eigenvalue weighted by Gasteiger charge is -2.24. The maximum Gasteiger partial charge on any atom is 0.227 e. The van der Waals surface area contributed by atoms with E-state index < -0.39 is 0 Å². The van der Waals surface area contributed by atoms with E-state index in [0.29, 0.717) is 5.95 Å². The largest absolute Gasteiger partial charge is 0.371 e. The zero-order chi connectivity index (χ0) is 15.5. The Morgan fingerprint density at radius 2 is 2.00 bits per heavy atom. The topological polar surface area (TPSA) is 59.1 Å². The lowest BCUT2D eigenvalue weighted by molar-refractivity contribution is 0.0277. The Morgan fingerprint density at radius 3 is 2.83 bits per heavy atom. The third-order valence-corrected chi connectivity index (χ3v) is 4.53. The molecule has 5 heteroatoms. The summed E-state index contributed by atoms with van der Waals surface area (Å²) in [5.74, 6) is 0.689. The van der Waals surface area contributed by atoms with E-state index in [1.54, 1.807) is 0 Å². The number of nitrogens with one attached hydrogen (secondary N) is 2. The van der Waals surface area contributed by atoms with Crippen molar-refractivity contribution in [3.8, 4) is 0 Å².